The smallest absolute Gasteiger partial charge is 0.119 e. The maximum atomic E-state index is 10.8. The zero-order valence-corrected chi connectivity index (χ0v) is 19.7. The molecule has 5 heteroatoms. The van der Waals surface area contributed by atoms with Crippen LogP contribution in [0.3, 0.4) is 0 Å². The molecule has 0 aliphatic heterocycles. The Labute approximate surface area is 192 Å². The maximum absolute atomic E-state index is 10.8. The van der Waals surface area contributed by atoms with Gasteiger partial charge in [0, 0.05) is 5.92 Å². The topological polar surface area (TPSA) is 47.3 Å². The van der Waals surface area contributed by atoms with Crippen LogP contribution in [0.15, 0.2) is 42.5 Å². The summed E-state index contributed by atoms with van der Waals surface area (Å²) < 4.78 is 8.17. The van der Waals surface area contributed by atoms with Crippen LogP contribution in [0.4, 0.5) is 0 Å². The first-order chi connectivity index (χ1) is 14.5. The number of fused-ring (bicyclic) bond motifs is 1. The van der Waals surface area contributed by atoms with Crippen LogP contribution in [0.2, 0.25) is 0 Å². The Morgan fingerprint density at radius 3 is 2.55 bits per heavy atom. The van der Waals surface area contributed by atoms with Crippen molar-refractivity contribution in [3.63, 3.8) is 0 Å². The van der Waals surface area contributed by atoms with Crippen molar-refractivity contribution in [2.45, 2.75) is 77.4 Å². The number of aryl methyl sites for hydroxylation is 1. The summed E-state index contributed by atoms with van der Waals surface area (Å²) in [7, 11) is 0. The molecular formula is C26H35ClN2O2. The average Bonchev–Trinajstić information content (AvgIpc) is 3.11. The minimum Gasteiger partial charge on any atom is -0.491 e. The Balaban J connectivity index is 0.00000272. The van der Waals surface area contributed by atoms with Crippen LogP contribution in [-0.4, -0.2) is 27.4 Å². The van der Waals surface area contributed by atoms with Gasteiger partial charge >= 0.3 is 0 Å². The van der Waals surface area contributed by atoms with E-state index in [2.05, 4.69) is 49.6 Å². The third-order valence-corrected chi connectivity index (χ3v) is 6.35. The van der Waals surface area contributed by atoms with Gasteiger partial charge in [0.1, 0.15) is 24.3 Å². The first kappa shape index (κ1) is 23.6. The lowest BCUT2D eigenvalue weighted by Gasteiger charge is -2.23. The van der Waals surface area contributed by atoms with E-state index < -0.39 is 6.10 Å². The van der Waals surface area contributed by atoms with Crippen molar-refractivity contribution in [1.29, 1.82) is 0 Å². The van der Waals surface area contributed by atoms with Crippen LogP contribution in [-0.2, 0) is 6.54 Å². The Bertz CT molecular complexity index is 992. The third-order valence-electron chi connectivity index (χ3n) is 6.35. The predicted molar refractivity (Wildman–Crippen MR) is 130 cm³/mol. The van der Waals surface area contributed by atoms with E-state index in [0.29, 0.717) is 18.4 Å². The highest BCUT2D eigenvalue weighted by Crippen LogP contribution is 2.34. The van der Waals surface area contributed by atoms with Gasteiger partial charge in [-0.15, -0.1) is 12.4 Å². The zero-order valence-electron chi connectivity index (χ0n) is 18.9. The molecule has 1 atom stereocenters. The molecule has 1 unspecified atom stereocenters. The normalized spacial score (nSPS) is 15.8. The van der Waals surface area contributed by atoms with E-state index in [1.807, 2.05) is 18.2 Å². The second kappa shape index (κ2) is 10.5. The molecule has 1 N–H and O–H groups in total. The van der Waals surface area contributed by atoms with E-state index in [1.165, 1.54) is 43.2 Å². The van der Waals surface area contributed by atoms with Gasteiger partial charge in [0.15, 0.2) is 0 Å². The molecule has 0 saturated heterocycles. The van der Waals surface area contributed by atoms with Gasteiger partial charge in [0.25, 0.3) is 0 Å². The van der Waals surface area contributed by atoms with Crippen LogP contribution >= 0.6 is 12.4 Å². The molecule has 0 spiro atoms. The van der Waals surface area contributed by atoms with Crippen molar-refractivity contribution < 1.29 is 9.84 Å². The number of aromatic nitrogens is 2. The van der Waals surface area contributed by atoms with E-state index in [9.17, 15) is 5.11 Å². The average molecular weight is 443 g/mol. The zero-order chi connectivity index (χ0) is 21.1. The van der Waals surface area contributed by atoms with Crippen molar-refractivity contribution in [2.75, 3.05) is 6.61 Å². The van der Waals surface area contributed by atoms with Gasteiger partial charge in [-0.1, -0.05) is 51.3 Å². The van der Waals surface area contributed by atoms with E-state index in [4.69, 9.17) is 9.72 Å². The van der Waals surface area contributed by atoms with Crippen molar-refractivity contribution in [1.82, 2.24) is 9.55 Å². The second-order valence-electron chi connectivity index (χ2n) is 9.04. The molecule has 3 aromatic rings. The summed E-state index contributed by atoms with van der Waals surface area (Å²) in [6.07, 6.45) is 5.66. The van der Waals surface area contributed by atoms with Crippen molar-refractivity contribution in [2.24, 2.45) is 0 Å². The summed E-state index contributed by atoms with van der Waals surface area (Å²) in [5.41, 5.74) is 4.70. The molecule has 168 valence electrons. The quantitative estimate of drug-likeness (QED) is 0.462. The fourth-order valence-corrected chi connectivity index (χ4v) is 4.80. The summed E-state index contributed by atoms with van der Waals surface area (Å²) in [5.74, 6) is 2.94. The number of halogens is 1. The SMILES string of the molecule is Cc1cc(OCC(O)Cn2c(C3CCCCC3)nc3ccccc32)ccc1C(C)C.Cl. The first-order valence-corrected chi connectivity index (χ1v) is 11.4. The summed E-state index contributed by atoms with van der Waals surface area (Å²) in [6.45, 7) is 7.30. The lowest BCUT2D eigenvalue weighted by atomic mass is 9.88. The Morgan fingerprint density at radius 2 is 1.84 bits per heavy atom. The minimum absolute atomic E-state index is 0. The van der Waals surface area contributed by atoms with Crippen LogP contribution in [0.1, 0.15) is 74.7 Å². The van der Waals surface area contributed by atoms with Crippen LogP contribution in [0.25, 0.3) is 11.0 Å². The van der Waals surface area contributed by atoms with Crippen molar-refractivity contribution >= 4 is 23.4 Å². The molecule has 4 rings (SSSR count). The number of aliphatic hydroxyl groups excluding tert-OH is 1. The van der Waals surface area contributed by atoms with Gasteiger partial charge in [0.05, 0.1) is 17.6 Å². The summed E-state index contributed by atoms with van der Waals surface area (Å²) >= 11 is 0. The number of hydrogen-bond acceptors (Lipinski definition) is 3. The molecule has 1 fully saturated rings. The molecule has 0 amide bonds. The monoisotopic (exact) mass is 442 g/mol. The number of nitrogens with zero attached hydrogens (tertiary/aromatic N) is 2. The molecule has 31 heavy (non-hydrogen) atoms. The number of rotatable bonds is 7. The van der Waals surface area contributed by atoms with Gasteiger partial charge in [0.2, 0.25) is 0 Å². The lowest BCUT2D eigenvalue weighted by Crippen LogP contribution is -2.25. The number of para-hydroxylation sites is 2. The molecule has 1 aliphatic carbocycles. The highest BCUT2D eigenvalue weighted by Gasteiger charge is 2.23. The Morgan fingerprint density at radius 1 is 1.10 bits per heavy atom. The number of ether oxygens (including phenoxy) is 1. The molecule has 1 saturated carbocycles. The van der Waals surface area contributed by atoms with Gasteiger partial charge < -0.3 is 14.4 Å². The predicted octanol–water partition coefficient (Wildman–Crippen LogP) is 6.38. The van der Waals surface area contributed by atoms with Crippen LogP contribution < -0.4 is 4.74 Å². The Hall–Kier alpha value is -2.04. The van der Waals surface area contributed by atoms with Gasteiger partial charge in [-0.25, -0.2) is 4.98 Å². The first-order valence-electron chi connectivity index (χ1n) is 11.4. The number of hydrogen-bond donors (Lipinski definition) is 1. The summed E-state index contributed by atoms with van der Waals surface area (Å²) in [5, 5.41) is 10.8. The number of benzene rings is 2. The van der Waals surface area contributed by atoms with Crippen molar-refractivity contribution in [3.8, 4) is 5.75 Å². The van der Waals surface area contributed by atoms with Gasteiger partial charge in [-0.2, -0.15) is 0 Å². The molecule has 1 aliphatic rings. The van der Waals surface area contributed by atoms with E-state index >= 15 is 0 Å². The summed E-state index contributed by atoms with van der Waals surface area (Å²) in [6, 6.07) is 14.5. The molecule has 1 aromatic heterocycles. The highest BCUT2D eigenvalue weighted by molar-refractivity contribution is 5.85. The molecule has 1 heterocycles. The summed E-state index contributed by atoms with van der Waals surface area (Å²) in [4.78, 5) is 4.96. The number of aliphatic hydroxyl groups is 1. The molecule has 0 bridgehead atoms. The number of imidazole rings is 1. The van der Waals surface area contributed by atoms with Gasteiger partial charge in [-0.05, 0) is 61.1 Å². The Kier molecular flexibility index (Phi) is 8.01. The van der Waals surface area contributed by atoms with Crippen molar-refractivity contribution in [3.05, 3.63) is 59.4 Å². The second-order valence-corrected chi connectivity index (χ2v) is 9.04. The maximum Gasteiger partial charge on any atom is 0.119 e. The van der Waals surface area contributed by atoms with Crippen LogP contribution in [0, 0.1) is 6.92 Å². The molecular weight excluding hydrogens is 408 g/mol. The fourth-order valence-electron chi connectivity index (χ4n) is 4.80. The van der Waals surface area contributed by atoms with E-state index in [1.54, 1.807) is 0 Å². The van der Waals surface area contributed by atoms with E-state index in [0.717, 1.165) is 22.6 Å². The van der Waals surface area contributed by atoms with Crippen LogP contribution in [0.5, 0.6) is 5.75 Å². The molecule has 2 aromatic carbocycles. The highest BCUT2D eigenvalue weighted by atomic mass is 35.5. The molecule has 4 nitrogen and oxygen atoms in total. The van der Waals surface area contributed by atoms with E-state index in [-0.39, 0.29) is 19.0 Å². The molecule has 0 radical (unpaired) electrons. The standard InChI is InChI=1S/C26H34N2O2.ClH/c1-18(2)23-14-13-22(15-19(23)3)30-17-21(29)16-28-25-12-8-7-11-24(25)27-26(28)20-9-5-4-6-10-20;/h7-8,11-15,18,20-21,29H,4-6,9-10,16-17H2,1-3H3;1H. The fraction of sp³-hybridized carbons (Fsp3) is 0.500. The minimum atomic E-state index is -0.588. The largest absolute Gasteiger partial charge is 0.491 e. The van der Waals surface area contributed by atoms with Gasteiger partial charge in [-0.3, -0.25) is 0 Å². The lowest BCUT2D eigenvalue weighted by molar-refractivity contribution is 0.0921. The third kappa shape index (κ3) is 5.42.